The van der Waals surface area contributed by atoms with Gasteiger partial charge in [-0.2, -0.15) is 0 Å². The van der Waals surface area contributed by atoms with E-state index in [2.05, 4.69) is 5.32 Å². The van der Waals surface area contributed by atoms with Crippen molar-refractivity contribution in [2.45, 2.75) is 19.3 Å². The number of piperidine rings is 1. The molecule has 17 heavy (non-hydrogen) atoms. The Morgan fingerprint density at radius 3 is 2.88 bits per heavy atom. The molecule has 1 aromatic rings. The highest BCUT2D eigenvalue weighted by atomic mass is 16.3. The molecule has 0 aliphatic carbocycles. The summed E-state index contributed by atoms with van der Waals surface area (Å²) >= 11 is 0. The molecular formula is C13H20N2O2. The third kappa shape index (κ3) is 3.09. The Balaban J connectivity index is 1.81. The van der Waals surface area contributed by atoms with Crippen LogP contribution < -0.4 is 5.32 Å². The summed E-state index contributed by atoms with van der Waals surface area (Å²) in [5.74, 6) is 0.863. The Kier molecular flexibility index (Phi) is 4.20. The van der Waals surface area contributed by atoms with Crippen molar-refractivity contribution in [3.63, 3.8) is 0 Å². The van der Waals surface area contributed by atoms with Gasteiger partial charge in [0.1, 0.15) is 6.26 Å². The number of nitrogens with one attached hydrogen (secondary N) is 1. The van der Waals surface area contributed by atoms with Gasteiger partial charge in [0.05, 0.1) is 11.8 Å². The smallest absolute Gasteiger partial charge is 0.257 e. The topological polar surface area (TPSA) is 45.5 Å². The Bertz CT molecular complexity index is 340. The highest BCUT2D eigenvalue weighted by Crippen LogP contribution is 2.21. The van der Waals surface area contributed by atoms with Crippen molar-refractivity contribution >= 4 is 5.91 Å². The summed E-state index contributed by atoms with van der Waals surface area (Å²) in [5.41, 5.74) is 0.665. The van der Waals surface area contributed by atoms with E-state index in [1.807, 2.05) is 11.9 Å². The lowest BCUT2D eigenvalue weighted by molar-refractivity contribution is 0.0686. The SMILES string of the molecule is CNCCC1CCN(C(=O)c2ccoc2)CC1. The molecule has 1 amide bonds. The van der Waals surface area contributed by atoms with Gasteiger partial charge in [0.2, 0.25) is 0 Å². The van der Waals surface area contributed by atoms with Crippen molar-refractivity contribution in [3.05, 3.63) is 24.2 Å². The second-order valence-corrected chi connectivity index (χ2v) is 4.64. The molecule has 4 heteroatoms. The van der Waals surface area contributed by atoms with Gasteiger partial charge in [-0.15, -0.1) is 0 Å². The molecule has 0 radical (unpaired) electrons. The number of nitrogens with zero attached hydrogens (tertiary/aromatic N) is 1. The average molecular weight is 236 g/mol. The van der Waals surface area contributed by atoms with E-state index < -0.39 is 0 Å². The van der Waals surface area contributed by atoms with Crippen molar-refractivity contribution in [2.75, 3.05) is 26.7 Å². The predicted molar refractivity (Wildman–Crippen MR) is 65.9 cm³/mol. The van der Waals surface area contributed by atoms with E-state index in [-0.39, 0.29) is 5.91 Å². The Morgan fingerprint density at radius 1 is 1.53 bits per heavy atom. The Labute approximate surface area is 102 Å². The van der Waals surface area contributed by atoms with E-state index in [1.54, 1.807) is 12.3 Å². The van der Waals surface area contributed by atoms with Gasteiger partial charge in [-0.3, -0.25) is 4.79 Å². The van der Waals surface area contributed by atoms with Crippen LogP contribution in [0.3, 0.4) is 0 Å². The zero-order valence-corrected chi connectivity index (χ0v) is 10.3. The molecule has 1 aliphatic heterocycles. The van der Waals surface area contributed by atoms with E-state index in [9.17, 15) is 4.79 Å². The van der Waals surface area contributed by atoms with E-state index in [1.165, 1.54) is 12.7 Å². The first kappa shape index (κ1) is 12.2. The van der Waals surface area contributed by atoms with Gasteiger partial charge in [0, 0.05) is 13.1 Å². The number of hydrogen-bond acceptors (Lipinski definition) is 3. The van der Waals surface area contributed by atoms with Crippen molar-refractivity contribution in [1.82, 2.24) is 10.2 Å². The first-order chi connectivity index (χ1) is 8.31. The van der Waals surface area contributed by atoms with Crippen LogP contribution in [0.4, 0.5) is 0 Å². The zero-order chi connectivity index (χ0) is 12.1. The summed E-state index contributed by atoms with van der Waals surface area (Å²) < 4.78 is 4.94. The summed E-state index contributed by atoms with van der Waals surface area (Å²) in [5, 5.41) is 3.18. The van der Waals surface area contributed by atoms with Gasteiger partial charge in [-0.1, -0.05) is 0 Å². The lowest BCUT2D eigenvalue weighted by Gasteiger charge is -2.31. The molecular weight excluding hydrogens is 216 g/mol. The van der Waals surface area contributed by atoms with Gasteiger partial charge >= 0.3 is 0 Å². The van der Waals surface area contributed by atoms with Crippen LogP contribution in [-0.2, 0) is 0 Å². The number of amides is 1. The molecule has 0 unspecified atom stereocenters. The monoisotopic (exact) mass is 236 g/mol. The van der Waals surface area contributed by atoms with E-state index in [4.69, 9.17) is 4.42 Å². The van der Waals surface area contributed by atoms with Crippen LogP contribution in [0.2, 0.25) is 0 Å². The molecule has 2 rings (SSSR count). The third-order valence-corrected chi connectivity index (χ3v) is 3.47. The second kappa shape index (κ2) is 5.87. The molecule has 1 saturated heterocycles. The quantitative estimate of drug-likeness (QED) is 0.866. The molecule has 1 aliphatic rings. The molecule has 1 aromatic heterocycles. The van der Waals surface area contributed by atoms with Crippen molar-refractivity contribution in [1.29, 1.82) is 0 Å². The van der Waals surface area contributed by atoms with Crippen LogP contribution in [0.25, 0.3) is 0 Å². The maximum Gasteiger partial charge on any atom is 0.257 e. The first-order valence-electron chi connectivity index (χ1n) is 6.27. The van der Waals surface area contributed by atoms with E-state index in [0.29, 0.717) is 5.56 Å². The first-order valence-corrected chi connectivity index (χ1v) is 6.27. The minimum atomic E-state index is 0.103. The van der Waals surface area contributed by atoms with Crippen LogP contribution in [-0.4, -0.2) is 37.5 Å². The third-order valence-electron chi connectivity index (χ3n) is 3.47. The van der Waals surface area contributed by atoms with E-state index in [0.717, 1.165) is 38.4 Å². The summed E-state index contributed by atoms with van der Waals surface area (Å²) in [6.45, 7) is 2.82. The zero-order valence-electron chi connectivity index (χ0n) is 10.3. The van der Waals surface area contributed by atoms with Gasteiger partial charge in [0.25, 0.3) is 5.91 Å². The fourth-order valence-electron chi connectivity index (χ4n) is 2.34. The number of hydrogen-bond donors (Lipinski definition) is 1. The molecule has 1 fully saturated rings. The van der Waals surface area contributed by atoms with E-state index >= 15 is 0 Å². The fourth-order valence-corrected chi connectivity index (χ4v) is 2.34. The lowest BCUT2D eigenvalue weighted by atomic mass is 9.93. The Morgan fingerprint density at radius 2 is 2.29 bits per heavy atom. The molecule has 94 valence electrons. The van der Waals surface area contributed by atoms with Gasteiger partial charge < -0.3 is 14.6 Å². The number of rotatable bonds is 4. The molecule has 1 N–H and O–H groups in total. The second-order valence-electron chi connectivity index (χ2n) is 4.64. The standard InChI is InChI=1S/C13H20N2O2/c1-14-6-2-11-3-7-15(8-4-11)13(16)12-5-9-17-10-12/h5,9-11,14H,2-4,6-8H2,1H3. The molecule has 0 bridgehead atoms. The average Bonchev–Trinajstić information content (AvgIpc) is 2.90. The number of furan rings is 1. The maximum atomic E-state index is 12.0. The van der Waals surface area contributed by atoms with Gasteiger partial charge in [-0.25, -0.2) is 0 Å². The van der Waals surface area contributed by atoms with Crippen LogP contribution in [0.1, 0.15) is 29.6 Å². The van der Waals surface area contributed by atoms with Crippen molar-refractivity contribution in [2.24, 2.45) is 5.92 Å². The van der Waals surface area contributed by atoms with Gasteiger partial charge in [0.15, 0.2) is 0 Å². The van der Waals surface area contributed by atoms with Crippen LogP contribution >= 0.6 is 0 Å². The number of carbonyl (C=O) groups is 1. The molecule has 0 atom stereocenters. The summed E-state index contributed by atoms with van der Waals surface area (Å²) in [7, 11) is 1.98. The summed E-state index contributed by atoms with van der Waals surface area (Å²) in [4.78, 5) is 14.0. The van der Waals surface area contributed by atoms with Crippen LogP contribution in [0.15, 0.2) is 23.0 Å². The fraction of sp³-hybridized carbons (Fsp3) is 0.615. The maximum absolute atomic E-state index is 12.0. The van der Waals surface area contributed by atoms with Crippen LogP contribution in [0, 0.1) is 5.92 Å². The number of carbonyl (C=O) groups excluding carboxylic acids is 1. The number of likely N-dealkylation sites (tertiary alicyclic amines) is 1. The minimum Gasteiger partial charge on any atom is -0.472 e. The molecule has 0 spiro atoms. The molecule has 0 saturated carbocycles. The molecule has 0 aromatic carbocycles. The normalized spacial score (nSPS) is 17.4. The molecule has 4 nitrogen and oxygen atoms in total. The summed E-state index contributed by atoms with van der Waals surface area (Å²) in [6, 6.07) is 1.73. The highest BCUT2D eigenvalue weighted by molar-refractivity contribution is 5.93. The predicted octanol–water partition coefficient (Wildman–Crippen LogP) is 1.74. The summed E-state index contributed by atoms with van der Waals surface area (Å²) in [6.07, 6.45) is 6.52. The highest BCUT2D eigenvalue weighted by Gasteiger charge is 2.23. The van der Waals surface area contributed by atoms with Crippen molar-refractivity contribution < 1.29 is 9.21 Å². The van der Waals surface area contributed by atoms with Gasteiger partial charge in [-0.05, 0) is 44.8 Å². The Hall–Kier alpha value is -1.29. The molecule has 2 heterocycles. The largest absolute Gasteiger partial charge is 0.472 e. The van der Waals surface area contributed by atoms with Crippen LogP contribution in [0.5, 0.6) is 0 Å². The van der Waals surface area contributed by atoms with Crippen molar-refractivity contribution in [3.8, 4) is 0 Å². The minimum absolute atomic E-state index is 0.103. The lowest BCUT2D eigenvalue weighted by Crippen LogP contribution is -2.38.